The fraction of sp³-hybridized carbons (Fsp3) is 0.172. The number of hydrogen-bond acceptors (Lipinski definition) is 4. The first-order valence-corrected chi connectivity index (χ1v) is 13.5. The largest absolute Gasteiger partial charge is 0.493 e. The quantitative estimate of drug-likeness (QED) is 0.325. The molecule has 180 valence electrons. The Morgan fingerprint density at radius 2 is 2.00 bits per heavy atom. The van der Waals surface area contributed by atoms with Gasteiger partial charge in [0.2, 0.25) is 0 Å². The van der Waals surface area contributed by atoms with Crippen molar-refractivity contribution >= 4 is 39.0 Å². The molecule has 4 nitrogen and oxygen atoms in total. The first kappa shape index (κ1) is 23.1. The summed E-state index contributed by atoms with van der Waals surface area (Å²) in [5, 5.41) is 0. The van der Waals surface area contributed by atoms with Crippen molar-refractivity contribution < 1.29 is 9.13 Å². The highest BCUT2D eigenvalue weighted by Gasteiger charge is 2.32. The number of fused-ring (bicyclic) bond motifs is 3. The summed E-state index contributed by atoms with van der Waals surface area (Å²) in [6.45, 7) is 2.51. The SMILES string of the molecule is CCOc1ccc(C=c2sc3n(c2=O)[C@@H](c2cccc(F)c2)C2=C(N=3)c3ccccc3CC2)cc1Br. The van der Waals surface area contributed by atoms with Crippen molar-refractivity contribution in [3.05, 3.63) is 125 Å². The molecule has 2 aliphatic rings. The van der Waals surface area contributed by atoms with E-state index < -0.39 is 6.04 Å². The van der Waals surface area contributed by atoms with Crippen molar-refractivity contribution in [2.75, 3.05) is 6.61 Å². The molecule has 1 atom stereocenters. The van der Waals surface area contributed by atoms with E-state index in [0.29, 0.717) is 15.9 Å². The summed E-state index contributed by atoms with van der Waals surface area (Å²) in [5.41, 5.74) is 5.82. The number of hydrogen-bond donors (Lipinski definition) is 0. The molecule has 6 rings (SSSR count). The van der Waals surface area contributed by atoms with Gasteiger partial charge in [-0.3, -0.25) is 9.36 Å². The van der Waals surface area contributed by atoms with Crippen molar-refractivity contribution in [2.45, 2.75) is 25.8 Å². The molecule has 0 radical (unpaired) electrons. The summed E-state index contributed by atoms with van der Waals surface area (Å²) in [5.74, 6) is 0.442. The molecule has 4 aromatic rings. The van der Waals surface area contributed by atoms with Gasteiger partial charge in [0.15, 0.2) is 4.80 Å². The first-order valence-electron chi connectivity index (χ1n) is 11.8. The van der Waals surface area contributed by atoms with E-state index in [4.69, 9.17) is 9.73 Å². The summed E-state index contributed by atoms with van der Waals surface area (Å²) in [6.07, 6.45) is 3.51. The highest BCUT2D eigenvalue weighted by Crippen LogP contribution is 2.41. The van der Waals surface area contributed by atoms with E-state index in [1.807, 2.05) is 49.4 Å². The van der Waals surface area contributed by atoms with Gasteiger partial charge in [0, 0.05) is 5.56 Å². The fourth-order valence-electron chi connectivity index (χ4n) is 5.03. The maximum Gasteiger partial charge on any atom is 0.271 e. The number of allylic oxidation sites excluding steroid dienone is 1. The Bertz CT molecular complexity index is 1720. The Kier molecular flexibility index (Phi) is 5.97. The highest BCUT2D eigenvalue weighted by molar-refractivity contribution is 9.10. The van der Waals surface area contributed by atoms with E-state index in [1.54, 1.807) is 10.6 Å². The van der Waals surface area contributed by atoms with Crippen LogP contribution in [0.4, 0.5) is 4.39 Å². The minimum atomic E-state index is -0.394. The van der Waals surface area contributed by atoms with E-state index in [2.05, 4.69) is 28.1 Å². The average molecular weight is 561 g/mol. The van der Waals surface area contributed by atoms with E-state index in [0.717, 1.165) is 51.0 Å². The molecule has 1 aliphatic carbocycles. The minimum absolute atomic E-state index is 0.122. The molecule has 1 aliphatic heterocycles. The number of ether oxygens (including phenoxy) is 1. The average Bonchev–Trinajstić information content (AvgIpc) is 3.18. The third-order valence-electron chi connectivity index (χ3n) is 6.59. The molecule has 0 N–H and O–H groups in total. The number of nitrogens with zero attached hydrogens (tertiary/aromatic N) is 2. The second-order valence-corrected chi connectivity index (χ2v) is 10.7. The zero-order chi connectivity index (χ0) is 24.8. The van der Waals surface area contributed by atoms with E-state index in [9.17, 15) is 9.18 Å². The molecule has 0 bridgehead atoms. The standard InChI is InChI=1S/C29H22BrFN2O2S/c1-2-35-24-13-10-17(14-23(24)30)15-25-28(34)33-27(19-7-5-8-20(31)16-19)22-12-11-18-6-3-4-9-21(18)26(22)32-29(33)36-25/h3-10,13-16,27H,2,11-12H2,1H3/t27-/m0/s1. The molecule has 7 heteroatoms. The fourth-order valence-corrected chi connectivity index (χ4v) is 6.54. The van der Waals surface area contributed by atoms with E-state index in [-0.39, 0.29) is 11.4 Å². The molecule has 0 fully saturated rings. The molecule has 1 aromatic heterocycles. The molecular weight excluding hydrogens is 539 g/mol. The summed E-state index contributed by atoms with van der Waals surface area (Å²) in [7, 11) is 0. The summed E-state index contributed by atoms with van der Waals surface area (Å²) in [6, 6.07) is 20.2. The van der Waals surface area contributed by atoms with E-state index in [1.165, 1.54) is 29.0 Å². The Balaban J connectivity index is 1.57. The van der Waals surface area contributed by atoms with Crippen LogP contribution in [0.25, 0.3) is 11.8 Å². The van der Waals surface area contributed by atoms with E-state index >= 15 is 0 Å². The summed E-state index contributed by atoms with van der Waals surface area (Å²) in [4.78, 5) is 19.4. The Morgan fingerprint density at radius 3 is 2.81 bits per heavy atom. The number of thiazole rings is 1. The van der Waals surface area contributed by atoms with Gasteiger partial charge in [0.1, 0.15) is 11.6 Å². The maximum absolute atomic E-state index is 14.3. The van der Waals surface area contributed by atoms with Crippen LogP contribution in [0.3, 0.4) is 0 Å². The number of aromatic nitrogens is 1. The highest BCUT2D eigenvalue weighted by atomic mass is 79.9. The lowest BCUT2D eigenvalue weighted by Crippen LogP contribution is -2.38. The van der Waals surface area contributed by atoms with Gasteiger partial charge in [-0.25, -0.2) is 9.38 Å². The molecule has 0 saturated heterocycles. The molecule has 3 aromatic carbocycles. The Morgan fingerprint density at radius 1 is 1.14 bits per heavy atom. The van der Waals surface area contributed by atoms with Crippen molar-refractivity contribution in [3.8, 4) is 5.75 Å². The number of benzene rings is 3. The Hall–Kier alpha value is -3.29. The van der Waals surface area contributed by atoms with Crippen LogP contribution in [-0.4, -0.2) is 11.2 Å². The Labute approximate surface area is 219 Å². The van der Waals surface area contributed by atoms with Crippen LogP contribution in [0, 0.1) is 5.82 Å². The van der Waals surface area contributed by atoms with Gasteiger partial charge < -0.3 is 4.74 Å². The van der Waals surface area contributed by atoms with Crippen molar-refractivity contribution in [1.29, 1.82) is 0 Å². The van der Waals surface area contributed by atoms with Gasteiger partial charge in [-0.05, 0) is 88.3 Å². The van der Waals surface area contributed by atoms with Crippen LogP contribution in [0.1, 0.15) is 41.6 Å². The minimum Gasteiger partial charge on any atom is -0.493 e. The van der Waals surface area contributed by atoms with Gasteiger partial charge in [-0.2, -0.15) is 0 Å². The molecular formula is C29H22BrFN2O2S. The van der Waals surface area contributed by atoms with Crippen LogP contribution in [0.15, 0.2) is 86.6 Å². The van der Waals surface area contributed by atoms with Gasteiger partial charge in [0.05, 0.1) is 27.4 Å². The van der Waals surface area contributed by atoms with Gasteiger partial charge in [-0.15, -0.1) is 0 Å². The predicted octanol–water partition coefficient (Wildman–Crippen LogP) is 5.62. The summed E-state index contributed by atoms with van der Waals surface area (Å²) < 4.78 is 23.1. The van der Waals surface area contributed by atoms with Crippen LogP contribution in [0.5, 0.6) is 5.75 Å². The smallest absolute Gasteiger partial charge is 0.271 e. The normalized spacial score (nSPS) is 16.8. The van der Waals surface area contributed by atoms with Gasteiger partial charge in [-0.1, -0.05) is 53.8 Å². The van der Waals surface area contributed by atoms with Gasteiger partial charge >= 0.3 is 0 Å². The topological polar surface area (TPSA) is 43.6 Å². The van der Waals surface area contributed by atoms with Gasteiger partial charge in [0.25, 0.3) is 5.56 Å². The predicted molar refractivity (Wildman–Crippen MR) is 144 cm³/mol. The zero-order valence-corrected chi connectivity index (χ0v) is 21.9. The number of rotatable bonds is 4. The molecule has 36 heavy (non-hydrogen) atoms. The number of aryl methyl sites for hydroxylation is 1. The maximum atomic E-state index is 14.3. The third kappa shape index (κ3) is 3.96. The zero-order valence-electron chi connectivity index (χ0n) is 19.5. The summed E-state index contributed by atoms with van der Waals surface area (Å²) >= 11 is 4.92. The first-order chi connectivity index (χ1) is 17.5. The van der Waals surface area contributed by atoms with Crippen LogP contribution >= 0.6 is 27.3 Å². The lowest BCUT2D eigenvalue weighted by molar-refractivity contribution is 0.338. The van der Waals surface area contributed by atoms with Crippen LogP contribution in [0.2, 0.25) is 0 Å². The van der Waals surface area contributed by atoms with Crippen LogP contribution in [-0.2, 0) is 6.42 Å². The van der Waals surface area contributed by atoms with Crippen LogP contribution < -0.4 is 19.6 Å². The molecule has 0 saturated carbocycles. The molecule has 2 heterocycles. The molecule has 0 amide bonds. The monoisotopic (exact) mass is 560 g/mol. The molecule has 0 spiro atoms. The van der Waals surface area contributed by atoms with Crippen molar-refractivity contribution in [1.82, 2.24) is 4.57 Å². The third-order valence-corrected chi connectivity index (χ3v) is 8.19. The second-order valence-electron chi connectivity index (χ2n) is 8.79. The lowest BCUT2D eigenvalue weighted by Gasteiger charge is -2.30. The molecule has 0 unspecified atom stereocenters. The second kappa shape index (κ2) is 9.30. The number of halogens is 2. The van der Waals surface area contributed by atoms with Crippen molar-refractivity contribution in [3.63, 3.8) is 0 Å². The van der Waals surface area contributed by atoms with Crippen molar-refractivity contribution in [2.24, 2.45) is 4.99 Å². The lowest BCUT2D eigenvalue weighted by atomic mass is 9.83.